The second kappa shape index (κ2) is 8.09. The fourth-order valence-electron chi connectivity index (χ4n) is 1.92. The Bertz CT molecular complexity index is 635. The van der Waals surface area contributed by atoms with Gasteiger partial charge in [0.1, 0.15) is 5.69 Å². The number of hydrogen-bond acceptors (Lipinski definition) is 4. The zero-order valence-corrected chi connectivity index (χ0v) is 12.4. The summed E-state index contributed by atoms with van der Waals surface area (Å²) in [6, 6.07) is 12.6. The highest BCUT2D eigenvalue weighted by molar-refractivity contribution is 5.91. The third-order valence-corrected chi connectivity index (χ3v) is 3.16. The maximum absolute atomic E-state index is 11.7. The lowest BCUT2D eigenvalue weighted by Gasteiger charge is -2.13. The zero-order valence-electron chi connectivity index (χ0n) is 12.4. The molecule has 2 rings (SSSR count). The van der Waals surface area contributed by atoms with Crippen LogP contribution in [0, 0.1) is 0 Å². The van der Waals surface area contributed by atoms with Gasteiger partial charge in [0.2, 0.25) is 0 Å². The number of nitrogens with one attached hydrogen (secondary N) is 2. The Hall–Kier alpha value is -2.47. The predicted octanol–water partition coefficient (Wildman–Crippen LogP) is 1.67. The minimum atomic E-state index is -0.333. The van der Waals surface area contributed by atoms with Gasteiger partial charge in [-0.15, -0.1) is 0 Å². The maximum Gasteiger partial charge on any atom is 0.271 e. The van der Waals surface area contributed by atoms with Gasteiger partial charge in [-0.1, -0.05) is 30.3 Å². The third-order valence-electron chi connectivity index (χ3n) is 3.16. The molecule has 1 unspecified atom stereocenters. The van der Waals surface area contributed by atoms with Crippen LogP contribution < -0.4 is 10.9 Å². The van der Waals surface area contributed by atoms with E-state index in [1.54, 1.807) is 0 Å². The molecule has 116 valence electrons. The molecule has 1 aromatic carbocycles. The second-order valence-corrected chi connectivity index (χ2v) is 4.84. The number of carbonyl (C=O) groups is 1. The van der Waals surface area contributed by atoms with Gasteiger partial charge in [-0.05, 0) is 25.0 Å². The van der Waals surface area contributed by atoms with Gasteiger partial charge < -0.3 is 10.1 Å². The zero-order chi connectivity index (χ0) is 15.8. The molecule has 0 saturated carbocycles. The molecular formula is C16H19N3O3. The first-order valence-electron chi connectivity index (χ1n) is 7.17. The van der Waals surface area contributed by atoms with Crippen LogP contribution in [0.1, 0.15) is 35.5 Å². The third kappa shape index (κ3) is 4.82. The molecule has 0 aliphatic carbocycles. The summed E-state index contributed by atoms with van der Waals surface area (Å²) in [5.41, 5.74) is 0.988. The molecule has 2 aromatic rings. The number of nitrogens with zero attached hydrogens (tertiary/aromatic N) is 1. The molecule has 0 aliphatic heterocycles. The Balaban J connectivity index is 1.66. The molecule has 1 amide bonds. The van der Waals surface area contributed by atoms with Crippen LogP contribution in [0.4, 0.5) is 0 Å². The van der Waals surface area contributed by atoms with E-state index in [4.69, 9.17) is 4.74 Å². The summed E-state index contributed by atoms with van der Waals surface area (Å²) in [5, 5.41) is 8.62. The molecule has 0 bridgehead atoms. The fraction of sp³-hybridized carbons (Fsp3) is 0.312. The highest BCUT2D eigenvalue weighted by atomic mass is 16.5. The monoisotopic (exact) mass is 301 g/mol. The minimum absolute atomic E-state index is 0.0257. The molecular weight excluding hydrogens is 282 g/mol. The first-order valence-corrected chi connectivity index (χ1v) is 7.17. The largest absolute Gasteiger partial charge is 0.374 e. The van der Waals surface area contributed by atoms with Crippen LogP contribution in [-0.2, 0) is 4.74 Å². The number of carbonyl (C=O) groups excluding carboxylic acids is 1. The van der Waals surface area contributed by atoms with Crippen LogP contribution in [0.3, 0.4) is 0 Å². The molecule has 2 N–H and O–H groups in total. The molecule has 0 aliphatic rings. The van der Waals surface area contributed by atoms with Crippen molar-refractivity contribution in [1.29, 1.82) is 0 Å². The van der Waals surface area contributed by atoms with E-state index in [1.165, 1.54) is 12.1 Å². The van der Waals surface area contributed by atoms with Crippen LogP contribution in [-0.4, -0.2) is 29.3 Å². The highest BCUT2D eigenvalue weighted by Crippen LogP contribution is 2.15. The molecule has 0 saturated heterocycles. The van der Waals surface area contributed by atoms with Crippen LogP contribution in [0.2, 0.25) is 0 Å². The van der Waals surface area contributed by atoms with E-state index < -0.39 is 0 Å². The Morgan fingerprint density at radius 2 is 2.05 bits per heavy atom. The highest BCUT2D eigenvalue weighted by Gasteiger charge is 2.07. The van der Waals surface area contributed by atoms with Crippen molar-refractivity contribution in [2.24, 2.45) is 0 Å². The molecule has 0 fully saturated rings. The van der Waals surface area contributed by atoms with Crippen LogP contribution in [0.25, 0.3) is 0 Å². The average molecular weight is 301 g/mol. The van der Waals surface area contributed by atoms with Gasteiger partial charge >= 0.3 is 0 Å². The van der Waals surface area contributed by atoms with Crippen molar-refractivity contribution in [1.82, 2.24) is 15.5 Å². The van der Waals surface area contributed by atoms with Crippen molar-refractivity contribution in [2.45, 2.75) is 19.4 Å². The summed E-state index contributed by atoms with van der Waals surface area (Å²) in [4.78, 5) is 22.6. The van der Waals surface area contributed by atoms with Crippen molar-refractivity contribution in [2.75, 3.05) is 13.2 Å². The van der Waals surface area contributed by atoms with Crippen molar-refractivity contribution in [3.63, 3.8) is 0 Å². The van der Waals surface area contributed by atoms with E-state index in [9.17, 15) is 9.59 Å². The van der Waals surface area contributed by atoms with Gasteiger partial charge in [0.15, 0.2) is 0 Å². The van der Waals surface area contributed by atoms with E-state index in [-0.39, 0.29) is 23.3 Å². The van der Waals surface area contributed by atoms with Crippen molar-refractivity contribution >= 4 is 5.91 Å². The van der Waals surface area contributed by atoms with Crippen LogP contribution >= 0.6 is 0 Å². The van der Waals surface area contributed by atoms with Crippen LogP contribution in [0.5, 0.6) is 0 Å². The quantitative estimate of drug-likeness (QED) is 0.762. The summed E-state index contributed by atoms with van der Waals surface area (Å²) >= 11 is 0. The molecule has 6 nitrogen and oxygen atoms in total. The lowest BCUT2D eigenvalue weighted by molar-refractivity contribution is 0.0634. The van der Waals surface area contributed by atoms with Crippen molar-refractivity contribution in [3.8, 4) is 0 Å². The molecule has 0 spiro atoms. The van der Waals surface area contributed by atoms with Gasteiger partial charge in [-0.2, -0.15) is 5.10 Å². The van der Waals surface area contributed by atoms with Crippen LogP contribution in [0.15, 0.2) is 47.3 Å². The fourth-order valence-corrected chi connectivity index (χ4v) is 1.92. The van der Waals surface area contributed by atoms with Gasteiger partial charge in [0.05, 0.1) is 6.10 Å². The summed E-state index contributed by atoms with van der Waals surface area (Å²) in [6.07, 6.45) is 0.726. The molecule has 22 heavy (non-hydrogen) atoms. The van der Waals surface area contributed by atoms with E-state index >= 15 is 0 Å². The first-order chi connectivity index (χ1) is 10.7. The Labute approximate surface area is 128 Å². The van der Waals surface area contributed by atoms with Crippen molar-refractivity contribution < 1.29 is 9.53 Å². The van der Waals surface area contributed by atoms with E-state index in [1.807, 2.05) is 37.3 Å². The number of aromatic nitrogens is 2. The molecule has 1 aromatic heterocycles. The summed E-state index contributed by atoms with van der Waals surface area (Å²) in [7, 11) is 0. The number of H-pyrrole nitrogens is 1. The number of hydrogen-bond donors (Lipinski definition) is 2. The Morgan fingerprint density at radius 3 is 2.73 bits per heavy atom. The van der Waals surface area contributed by atoms with E-state index in [0.717, 1.165) is 5.56 Å². The minimum Gasteiger partial charge on any atom is -0.374 e. The van der Waals surface area contributed by atoms with Gasteiger partial charge in [-0.25, -0.2) is 5.10 Å². The predicted molar refractivity (Wildman–Crippen MR) is 82.6 cm³/mol. The SMILES string of the molecule is CC(OCCCNC(=O)c1ccc(=O)[nH]n1)c1ccccc1. The number of rotatable bonds is 7. The smallest absolute Gasteiger partial charge is 0.271 e. The van der Waals surface area contributed by atoms with E-state index in [0.29, 0.717) is 19.6 Å². The number of amides is 1. The van der Waals surface area contributed by atoms with Crippen molar-refractivity contribution in [3.05, 3.63) is 64.1 Å². The topological polar surface area (TPSA) is 84.1 Å². The summed E-state index contributed by atoms with van der Waals surface area (Å²) in [5.74, 6) is -0.313. The van der Waals surface area contributed by atoms with Gasteiger partial charge in [0, 0.05) is 19.2 Å². The molecule has 0 radical (unpaired) electrons. The average Bonchev–Trinajstić information content (AvgIpc) is 2.55. The summed E-state index contributed by atoms with van der Waals surface area (Å²) < 4.78 is 5.72. The van der Waals surface area contributed by atoms with Gasteiger partial charge in [-0.3, -0.25) is 9.59 Å². The Morgan fingerprint density at radius 1 is 1.27 bits per heavy atom. The number of ether oxygens (including phenoxy) is 1. The molecule has 1 heterocycles. The summed E-state index contributed by atoms with van der Waals surface area (Å²) in [6.45, 7) is 3.04. The van der Waals surface area contributed by atoms with Gasteiger partial charge in [0.25, 0.3) is 11.5 Å². The lowest BCUT2D eigenvalue weighted by Crippen LogP contribution is -2.27. The molecule has 6 heteroatoms. The standard InChI is InChI=1S/C16H19N3O3/c1-12(13-6-3-2-4-7-13)22-11-5-10-17-16(21)14-8-9-15(20)19-18-14/h2-4,6-9,12H,5,10-11H2,1H3,(H,17,21)(H,19,20). The maximum atomic E-state index is 11.7. The number of benzene rings is 1. The number of aromatic amines is 1. The van der Waals surface area contributed by atoms with E-state index in [2.05, 4.69) is 15.5 Å². The molecule has 1 atom stereocenters. The Kier molecular flexibility index (Phi) is 5.85. The normalized spacial score (nSPS) is 11.9. The first kappa shape index (κ1) is 15.9. The second-order valence-electron chi connectivity index (χ2n) is 4.84. The lowest BCUT2D eigenvalue weighted by atomic mass is 10.1.